The second-order valence-corrected chi connectivity index (χ2v) is 4.49. The maximum atomic E-state index is 5.39. The molecule has 3 nitrogen and oxygen atoms in total. The zero-order valence-electron chi connectivity index (χ0n) is 10.1. The third-order valence-electron chi connectivity index (χ3n) is 3.28. The van der Waals surface area contributed by atoms with Crippen molar-refractivity contribution in [2.24, 2.45) is 5.92 Å². The van der Waals surface area contributed by atoms with E-state index < -0.39 is 0 Å². The van der Waals surface area contributed by atoms with Crippen LogP contribution in [0.25, 0.3) is 0 Å². The quantitative estimate of drug-likeness (QED) is 0.825. The highest BCUT2D eigenvalue weighted by atomic mass is 16.5. The van der Waals surface area contributed by atoms with Crippen LogP contribution in [0.3, 0.4) is 0 Å². The molecule has 1 aliphatic heterocycles. The fourth-order valence-electron chi connectivity index (χ4n) is 2.25. The molecule has 1 aromatic heterocycles. The van der Waals surface area contributed by atoms with Crippen molar-refractivity contribution in [3.05, 3.63) is 24.0 Å². The summed E-state index contributed by atoms with van der Waals surface area (Å²) in [6, 6.07) is 4.36. The van der Waals surface area contributed by atoms with Gasteiger partial charge in [-0.15, -0.1) is 0 Å². The highest BCUT2D eigenvalue weighted by molar-refractivity contribution is 5.07. The summed E-state index contributed by atoms with van der Waals surface area (Å²) in [5.74, 6) is 0.793. The topological polar surface area (TPSA) is 26.2 Å². The average Bonchev–Trinajstić information content (AvgIpc) is 2.75. The molecule has 0 bridgehead atoms. The summed E-state index contributed by atoms with van der Waals surface area (Å²) in [4.78, 5) is 0. The van der Waals surface area contributed by atoms with Crippen LogP contribution in [0.5, 0.6) is 0 Å². The summed E-state index contributed by atoms with van der Waals surface area (Å²) in [7, 11) is 0. The van der Waals surface area contributed by atoms with Crippen molar-refractivity contribution in [3.8, 4) is 0 Å². The predicted molar refractivity (Wildman–Crippen MR) is 65.4 cm³/mol. The molecule has 1 fully saturated rings. The second kappa shape index (κ2) is 6.06. The number of rotatable bonds is 5. The first-order valence-electron chi connectivity index (χ1n) is 6.32. The van der Waals surface area contributed by atoms with E-state index >= 15 is 0 Å². The molecule has 2 heterocycles. The van der Waals surface area contributed by atoms with Crippen LogP contribution >= 0.6 is 0 Å². The molecular weight excluding hydrogens is 200 g/mol. The van der Waals surface area contributed by atoms with Gasteiger partial charge < -0.3 is 14.6 Å². The Bertz CT molecular complexity index is 303. The Labute approximate surface area is 97.8 Å². The molecule has 0 unspecified atom stereocenters. The SMILES string of the molecule is CCNCc1cccn1CC1CCOCC1. The van der Waals surface area contributed by atoms with E-state index in [1.54, 1.807) is 0 Å². The Hall–Kier alpha value is -0.800. The van der Waals surface area contributed by atoms with Crippen LogP contribution in [0.2, 0.25) is 0 Å². The van der Waals surface area contributed by atoms with E-state index in [0.717, 1.165) is 38.8 Å². The summed E-state index contributed by atoms with van der Waals surface area (Å²) in [5, 5.41) is 3.38. The van der Waals surface area contributed by atoms with Crippen molar-refractivity contribution in [3.63, 3.8) is 0 Å². The number of aromatic nitrogens is 1. The van der Waals surface area contributed by atoms with Crippen molar-refractivity contribution >= 4 is 0 Å². The minimum Gasteiger partial charge on any atom is -0.381 e. The molecule has 1 aromatic rings. The van der Waals surface area contributed by atoms with Crippen LogP contribution in [0, 0.1) is 5.92 Å². The summed E-state index contributed by atoms with van der Waals surface area (Å²) < 4.78 is 7.78. The Morgan fingerprint density at radius 1 is 1.44 bits per heavy atom. The normalized spacial score (nSPS) is 17.8. The number of hydrogen-bond acceptors (Lipinski definition) is 2. The van der Waals surface area contributed by atoms with Gasteiger partial charge >= 0.3 is 0 Å². The first-order valence-corrected chi connectivity index (χ1v) is 6.32. The van der Waals surface area contributed by atoms with E-state index in [4.69, 9.17) is 4.74 Å². The molecule has 3 heteroatoms. The van der Waals surface area contributed by atoms with Gasteiger partial charge in [0.2, 0.25) is 0 Å². The fraction of sp³-hybridized carbons (Fsp3) is 0.692. The highest BCUT2D eigenvalue weighted by Gasteiger charge is 2.14. The van der Waals surface area contributed by atoms with Crippen LogP contribution in [-0.2, 0) is 17.8 Å². The summed E-state index contributed by atoms with van der Waals surface area (Å²) in [5.41, 5.74) is 1.40. The van der Waals surface area contributed by atoms with Gasteiger partial charge in [0.15, 0.2) is 0 Å². The van der Waals surface area contributed by atoms with Crippen molar-refractivity contribution in [2.75, 3.05) is 19.8 Å². The summed E-state index contributed by atoms with van der Waals surface area (Å²) in [6.07, 6.45) is 4.61. The lowest BCUT2D eigenvalue weighted by Crippen LogP contribution is -2.22. The van der Waals surface area contributed by atoms with Gasteiger partial charge in [0.1, 0.15) is 0 Å². The summed E-state index contributed by atoms with van der Waals surface area (Å²) >= 11 is 0. The monoisotopic (exact) mass is 222 g/mol. The zero-order chi connectivity index (χ0) is 11.2. The molecule has 90 valence electrons. The molecular formula is C13H22N2O. The van der Waals surface area contributed by atoms with Gasteiger partial charge in [-0.1, -0.05) is 6.92 Å². The van der Waals surface area contributed by atoms with Crippen LogP contribution in [0.1, 0.15) is 25.5 Å². The van der Waals surface area contributed by atoms with Crippen LogP contribution in [0.15, 0.2) is 18.3 Å². The van der Waals surface area contributed by atoms with Crippen LogP contribution in [0.4, 0.5) is 0 Å². The molecule has 1 aliphatic rings. The molecule has 0 atom stereocenters. The number of nitrogens with one attached hydrogen (secondary N) is 1. The lowest BCUT2D eigenvalue weighted by molar-refractivity contribution is 0.0610. The smallest absolute Gasteiger partial charge is 0.0469 e. The van der Waals surface area contributed by atoms with Crippen LogP contribution in [-0.4, -0.2) is 24.3 Å². The predicted octanol–water partition coefficient (Wildman–Crippen LogP) is 2.02. The van der Waals surface area contributed by atoms with Crippen molar-refractivity contribution in [1.82, 2.24) is 9.88 Å². The molecule has 2 rings (SSSR count). The first-order chi connectivity index (χ1) is 7.90. The third kappa shape index (κ3) is 3.09. The summed E-state index contributed by atoms with van der Waals surface area (Å²) in [6.45, 7) is 7.18. The van der Waals surface area contributed by atoms with Gasteiger partial charge in [0.05, 0.1) is 0 Å². The molecule has 1 saturated heterocycles. The van der Waals surface area contributed by atoms with E-state index in [9.17, 15) is 0 Å². The Balaban J connectivity index is 1.89. The average molecular weight is 222 g/mol. The van der Waals surface area contributed by atoms with E-state index in [1.165, 1.54) is 18.5 Å². The molecule has 0 amide bonds. The van der Waals surface area contributed by atoms with Crippen molar-refractivity contribution < 1.29 is 4.74 Å². The first kappa shape index (κ1) is 11.7. The maximum Gasteiger partial charge on any atom is 0.0469 e. The minimum atomic E-state index is 0.793. The number of hydrogen-bond donors (Lipinski definition) is 1. The molecule has 1 N–H and O–H groups in total. The van der Waals surface area contributed by atoms with E-state index in [-0.39, 0.29) is 0 Å². The Kier molecular flexibility index (Phi) is 4.43. The molecule has 0 spiro atoms. The highest BCUT2D eigenvalue weighted by Crippen LogP contribution is 2.18. The Morgan fingerprint density at radius 3 is 3.00 bits per heavy atom. The molecule has 0 saturated carbocycles. The van der Waals surface area contributed by atoms with Gasteiger partial charge in [0, 0.05) is 38.2 Å². The third-order valence-corrected chi connectivity index (χ3v) is 3.28. The van der Waals surface area contributed by atoms with Crippen molar-refractivity contribution in [1.29, 1.82) is 0 Å². The lowest BCUT2D eigenvalue weighted by Gasteiger charge is -2.23. The second-order valence-electron chi connectivity index (χ2n) is 4.49. The van der Waals surface area contributed by atoms with E-state index in [2.05, 4.69) is 35.1 Å². The minimum absolute atomic E-state index is 0.793. The molecule has 0 aromatic carbocycles. The maximum absolute atomic E-state index is 5.39. The lowest BCUT2D eigenvalue weighted by atomic mass is 10.0. The van der Waals surface area contributed by atoms with Crippen LogP contribution < -0.4 is 5.32 Å². The van der Waals surface area contributed by atoms with Crippen molar-refractivity contribution in [2.45, 2.75) is 32.9 Å². The van der Waals surface area contributed by atoms with E-state index in [0.29, 0.717) is 0 Å². The van der Waals surface area contributed by atoms with Gasteiger partial charge in [0.25, 0.3) is 0 Å². The number of nitrogens with zero attached hydrogens (tertiary/aromatic N) is 1. The van der Waals surface area contributed by atoms with Gasteiger partial charge in [-0.3, -0.25) is 0 Å². The fourth-order valence-corrected chi connectivity index (χ4v) is 2.25. The van der Waals surface area contributed by atoms with Gasteiger partial charge in [-0.05, 0) is 37.4 Å². The van der Waals surface area contributed by atoms with E-state index in [1.807, 2.05) is 0 Å². The molecule has 16 heavy (non-hydrogen) atoms. The molecule has 0 aliphatic carbocycles. The standard InChI is InChI=1S/C13H22N2O/c1-2-14-10-13-4-3-7-15(13)11-12-5-8-16-9-6-12/h3-4,7,12,14H,2,5-6,8-11H2,1H3. The van der Waals surface area contributed by atoms with Gasteiger partial charge in [-0.2, -0.15) is 0 Å². The Morgan fingerprint density at radius 2 is 2.25 bits per heavy atom. The molecule has 0 radical (unpaired) electrons. The van der Waals surface area contributed by atoms with Gasteiger partial charge in [-0.25, -0.2) is 0 Å². The number of ether oxygens (including phenoxy) is 1. The largest absolute Gasteiger partial charge is 0.381 e. The zero-order valence-corrected chi connectivity index (χ0v) is 10.1.